The standard InChI is InChI=1S/C8H18O3.2CH2O3/c1-3-5-6-7-8(11-9)10-4-2;2*2-1(3)4/h8-9H,3-7H2,1-2H3;2*(H2,2,3,4). The second-order valence-corrected chi connectivity index (χ2v) is 3.05. The van der Waals surface area contributed by atoms with E-state index in [4.69, 9.17) is 40.0 Å². The van der Waals surface area contributed by atoms with Crippen molar-refractivity contribution in [3.05, 3.63) is 0 Å². The van der Waals surface area contributed by atoms with Gasteiger partial charge in [0.1, 0.15) is 0 Å². The summed E-state index contributed by atoms with van der Waals surface area (Å²) in [6, 6.07) is 0. The summed E-state index contributed by atoms with van der Waals surface area (Å²) in [5.74, 6) is 0. The predicted molar refractivity (Wildman–Crippen MR) is 64.6 cm³/mol. The van der Waals surface area contributed by atoms with Crippen molar-refractivity contribution in [3.63, 3.8) is 0 Å². The maximum Gasteiger partial charge on any atom is 0.503 e. The van der Waals surface area contributed by atoms with Gasteiger partial charge < -0.3 is 25.2 Å². The first-order valence-electron chi connectivity index (χ1n) is 5.57. The summed E-state index contributed by atoms with van der Waals surface area (Å²) in [7, 11) is 0. The van der Waals surface area contributed by atoms with Gasteiger partial charge in [-0.2, -0.15) is 0 Å². The topological polar surface area (TPSA) is 154 Å². The van der Waals surface area contributed by atoms with Crippen LogP contribution in [0.4, 0.5) is 9.59 Å². The number of ether oxygens (including phenoxy) is 1. The lowest BCUT2D eigenvalue weighted by molar-refractivity contribution is -0.346. The van der Waals surface area contributed by atoms with E-state index in [1.165, 1.54) is 6.42 Å². The molecule has 0 spiro atoms. The van der Waals surface area contributed by atoms with Crippen LogP contribution in [0.15, 0.2) is 0 Å². The van der Waals surface area contributed by atoms with Crippen molar-refractivity contribution in [3.8, 4) is 0 Å². The minimum absolute atomic E-state index is 0.424. The zero-order chi connectivity index (χ0) is 15.7. The Bertz CT molecular complexity index is 187. The lowest BCUT2D eigenvalue weighted by Crippen LogP contribution is -2.15. The summed E-state index contributed by atoms with van der Waals surface area (Å²) in [6.45, 7) is 4.60. The van der Waals surface area contributed by atoms with Gasteiger partial charge >= 0.3 is 12.3 Å². The van der Waals surface area contributed by atoms with Crippen molar-refractivity contribution in [2.45, 2.75) is 45.8 Å². The molecular weight excluding hydrogens is 264 g/mol. The molecule has 0 radical (unpaired) electrons. The minimum atomic E-state index is -1.83. The Morgan fingerprint density at radius 3 is 1.68 bits per heavy atom. The van der Waals surface area contributed by atoms with Gasteiger partial charge in [0.05, 0.1) is 0 Å². The number of unbranched alkanes of at least 4 members (excludes halogenated alkanes) is 2. The highest BCUT2D eigenvalue weighted by Crippen LogP contribution is 2.06. The van der Waals surface area contributed by atoms with Gasteiger partial charge in [-0.05, 0) is 13.3 Å². The largest absolute Gasteiger partial charge is 0.503 e. The van der Waals surface area contributed by atoms with Crippen LogP contribution in [-0.4, -0.2) is 50.9 Å². The van der Waals surface area contributed by atoms with E-state index in [2.05, 4.69) is 11.8 Å². The summed E-state index contributed by atoms with van der Waals surface area (Å²) < 4.78 is 5.07. The number of carboxylic acid groups (broad SMARTS) is 4. The quantitative estimate of drug-likeness (QED) is 0.205. The fraction of sp³-hybridized carbons (Fsp3) is 0.800. The highest BCUT2D eigenvalue weighted by atomic mass is 17.1. The molecule has 0 saturated heterocycles. The van der Waals surface area contributed by atoms with E-state index in [9.17, 15) is 0 Å². The molecule has 0 bridgehead atoms. The zero-order valence-electron chi connectivity index (χ0n) is 11.0. The highest BCUT2D eigenvalue weighted by molar-refractivity contribution is 5.53. The third-order valence-electron chi connectivity index (χ3n) is 1.51. The second-order valence-electron chi connectivity index (χ2n) is 3.05. The van der Waals surface area contributed by atoms with Crippen LogP contribution >= 0.6 is 0 Å². The first kappa shape index (κ1) is 22.6. The van der Waals surface area contributed by atoms with Crippen LogP contribution in [0, 0.1) is 0 Å². The fourth-order valence-corrected chi connectivity index (χ4v) is 0.913. The van der Waals surface area contributed by atoms with Gasteiger partial charge in [-0.3, -0.25) is 0 Å². The van der Waals surface area contributed by atoms with E-state index in [1.54, 1.807) is 0 Å². The maximum absolute atomic E-state index is 8.56. The summed E-state index contributed by atoms with van der Waals surface area (Å²) in [4.78, 5) is 21.2. The number of rotatable bonds is 7. The van der Waals surface area contributed by atoms with E-state index in [0.29, 0.717) is 6.61 Å². The van der Waals surface area contributed by atoms with Crippen molar-refractivity contribution in [2.24, 2.45) is 0 Å². The Morgan fingerprint density at radius 2 is 1.42 bits per heavy atom. The van der Waals surface area contributed by atoms with Crippen molar-refractivity contribution in [1.29, 1.82) is 0 Å². The third kappa shape index (κ3) is 48.2. The number of carbonyl (C=O) groups is 2. The molecule has 0 fully saturated rings. The first-order valence-corrected chi connectivity index (χ1v) is 5.57. The Balaban J connectivity index is -0.000000264. The Hall–Kier alpha value is -1.58. The monoisotopic (exact) mass is 286 g/mol. The molecule has 9 nitrogen and oxygen atoms in total. The number of hydrogen-bond acceptors (Lipinski definition) is 5. The maximum atomic E-state index is 8.56. The molecule has 9 heteroatoms. The molecule has 0 aliphatic heterocycles. The molecule has 0 rings (SSSR count). The summed E-state index contributed by atoms with van der Waals surface area (Å²) in [6.07, 6.45) is 0.0588. The SMILES string of the molecule is CCCCCC(OO)OCC.O=C(O)O.O=C(O)O. The number of hydrogen-bond donors (Lipinski definition) is 5. The van der Waals surface area contributed by atoms with Crippen molar-refractivity contribution in [2.75, 3.05) is 6.61 Å². The molecule has 1 unspecified atom stereocenters. The zero-order valence-corrected chi connectivity index (χ0v) is 11.0. The molecule has 1 atom stereocenters. The van der Waals surface area contributed by atoms with Gasteiger partial charge in [0.25, 0.3) is 0 Å². The molecule has 0 aliphatic rings. The smallest absolute Gasteiger partial charge is 0.450 e. The molecule has 0 amide bonds. The van der Waals surface area contributed by atoms with Crippen LogP contribution in [0.3, 0.4) is 0 Å². The average Bonchev–Trinajstić information content (AvgIpc) is 2.26. The first-order chi connectivity index (χ1) is 8.81. The van der Waals surface area contributed by atoms with E-state index in [-0.39, 0.29) is 0 Å². The lowest BCUT2D eigenvalue weighted by atomic mass is 10.2. The molecule has 0 aromatic rings. The van der Waals surface area contributed by atoms with Crippen LogP contribution in [0.5, 0.6) is 0 Å². The Labute approximate surface area is 110 Å². The van der Waals surface area contributed by atoms with Crippen LogP contribution in [0.25, 0.3) is 0 Å². The second kappa shape index (κ2) is 18.8. The van der Waals surface area contributed by atoms with Gasteiger partial charge in [0.2, 0.25) is 0 Å². The molecular formula is C10H22O9. The molecule has 116 valence electrons. The summed E-state index contributed by atoms with van der Waals surface area (Å²) >= 11 is 0. The molecule has 0 aromatic heterocycles. The Kier molecular flexibility index (Phi) is 22.3. The minimum Gasteiger partial charge on any atom is -0.450 e. The van der Waals surface area contributed by atoms with Gasteiger partial charge in [-0.25, -0.2) is 19.7 Å². The molecule has 19 heavy (non-hydrogen) atoms. The molecule has 0 saturated carbocycles. The summed E-state index contributed by atoms with van der Waals surface area (Å²) in [5, 5.41) is 36.2. The van der Waals surface area contributed by atoms with Crippen LogP contribution in [-0.2, 0) is 9.62 Å². The Morgan fingerprint density at radius 1 is 1.00 bits per heavy atom. The molecule has 5 N–H and O–H groups in total. The van der Waals surface area contributed by atoms with Gasteiger partial charge in [-0.1, -0.05) is 19.8 Å². The molecule has 0 aromatic carbocycles. The normalized spacial score (nSPS) is 10.3. The average molecular weight is 286 g/mol. The van der Waals surface area contributed by atoms with Crippen molar-refractivity contribution >= 4 is 12.3 Å². The van der Waals surface area contributed by atoms with Gasteiger partial charge in [-0.15, -0.1) is 0 Å². The van der Waals surface area contributed by atoms with Crippen LogP contribution in [0.1, 0.15) is 39.5 Å². The third-order valence-corrected chi connectivity index (χ3v) is 1.51. The van der Waals surface area contributed by atoms with E-state index < -0.39 is 18.6 Å². The van der Waals surface area contributed by atoms with E-state index in [1.807, 2.05) is 6.92 Å². The van der Waals surface area contributed by atoms with Crippen molar-refractivity contribution in [1.82, 2.24) is 0 Å². The summed E-state index contributed by atoms with van der Waals surface area (Å²) in [5.41, 5.74) is 0. The van der Waals surface area contributed by atoms with Gasteiger partial charge in [0, 0.05) is 13.0 Å². The van der Waals surface area contributed by atoms with E-state index >= 15 is 0 Å². The van der Waals surface area contributed by atoms with Gasteiger partial charge in [0.15, 0.2) is 6.29 Å². The fourth-order valence-electron chi connectivity index (χ4n) is 0.913. The lowest BCUT2D eigenvalue weighted by Gasteiger charge is -2.11. The predicted octanol–water partition coefficient (Wildman–Crippen LogP) is 2.86. The molecule has 0 aliphatic carbocycles. The van der Waals surface area contributed by atoms with Crippen molar-refractivity contribution < 1.29 is 44.9 Å². The molecule has 0 heterocycles. The van der Waals surface area contributed by atoms with Crippen LogP contribution < -0.4 is 0 Å². The highest BCUT2D eigenvalue weighted by Gasteiger charge is 2.06. The van der Waals surface area contributed by atoms with E-state index in [0.717, 1.165) is 19.3 Å². The van der Waals surface area contributed by atoms with Crippen LogP contribution in [0.2, 0.25) is 0 Å².